The summed E-state index contributed by atoms with van der Waals surface area (Å²) in [6.45, 7) is 4.00. The van der Waals surface area contributed by atoms with Gasteiger partial charge >= 0.3 is 0 Å². The Morgan fingerprint density at radius 2 is 1.96 bits per heavy atom. The summed E-state index contributed by atoms with van der Waals surface area (Å²) in [5, 5.41) is 16.5. The zero-order chi connectivity index (χ0) is 18.5. The van der Waals surface area contributed by atoms with E-state index in [1.165, 1.54) is 23.5 Å². The lowest BCUT2D eigenvalue weighted by molar-refractivity contribution is 0.478. The first kappa shape index (κ1) is 17.8. The monoisotopic (exact) mass is 368 g/mol. The molecule has 0 saturated carbocycles. The molecule has 0 bridgehead atoms. The summed E-state index contributed by atoms with van der Waals surface area (Å²) in [5.41, 5.74) is 1.78. The van der Waals surface area contributed by atoms with Gasteiger partial charge in [0.05, 0.1) is 11.1 Å². The third-order valence-electron chi connectivity index (χ3n) is 3.44. The van der Waals surface area contributed by atoms with Crippen molar-refractivity contribution in [2.75, 3.05) is 5.32 Å². The van der Waals surface area contributed by atoms with Crippen molar-refractivity contribution >= 4 is 33.9 Å². The number of aromatic nitrogens is 3. The van der Waals surface area contributed by atoms with Crippen LogP contribution >= 0.6 is 11.3 Å². The molecule has 7 heteroatoms. The summed E-state index contributed by atoms with van der Waals surface area (Å²) in [5.74, 6) is 0.0916. The molecular weight excluding hydrogens is 351 g/mol. The molecule has 4 rings (SSSR count). The van der Waals surface area contributed by atoms with E-state index in [-0.39, 0.29) is 11.6 Å². The maximum atomic E-state index is 13.2. The van der Waals surface area contributed by atoms with Crippen LogP contribution in [0, 0.1) is 5.82 Å². The molecule has 2 aromatic carbocycles. The van der Waals surface area contributed by atoms with Crippen LogP contribution in [0.2, 0.25) is 0 Å². The summed E-state index contributed by atoms with van der Waals surface area (Å²) in [7, 11) is 0. The second-order valence-electron chi connectivity index (χ2n) is 5.09. The fourth-order valence-electron chi connectivity index (χ4n) is 2.35. The lowest BCUT2D eigenvalue weighted by atomic mass is 10.1. The van der Waals surface area contributed by atoms with Gasteiger partial charge in [-0.3, -0.25) is 0 Å². The third kappa shape index (κ3) is 3.78. The van der Waals surface area contributed by atoms with Crippen LogP contribution in [0.5, 0.6) is 5.75 Å². The van der Waals surface area contributed by atoms with Gasteiger partial charge in [0.15, 0.2) is 0 Å². The molecule has 0 atom stereocenters. The maximum absolute atomic E-state index is 13.2. The summed E-state index contributed by atoms with van der Waals surface area (Å²) >= 11 is 1.45. The molecule has 0 unspecified atom stereocenters. The number of hydrogen-bond acceptors (Lipinski definition) is 6. The van der Waals surface area contributed by atoms with E-state index in [4.69, 9.17) is 0 Å². The molecule has 0 saturated heterocycles. The number of benzene rings is 2. The van der Waals surface area contributed by atoms with E-state index in [2.05, 4.69) is 20.3 Å². The van der Waals surface area contributed by atoms with Crippen molar-refractivity contribution in [2.24, 2.45) is 0 Å². The number of phenolic OH excluding ortho intramolecular Hbond substituents is 1. The fourth-order valence-corrected chi connectivity index (χ4v) is 3.01. The average Bonchev–Trinajstić information content (AvgIpc) is 3.17. The Balaban J connectivity index is 0.000000948. The lowest BCUT2D eigenvalue weighted by Gasteiger charge is -2.07. The second-order valence-corrected chi connectivity index (χ2v) is 5.99. The van der Waals surface area contributed by atoms with Crippen LogP contribution in [0.4, 0.5) is 16.0 Å². The Kier molecular flexibility index (Phi) is 5.38. The molecule has 0 amide bonds. The van der Waals surface area contributed by atoms with Gasteiger partial charge in [-0.1, -0.05) is 19.9 Å². The Morgan fingerprint density at radius 3 is 2.69 bits per heavy atom. The molecule has 0 aliphatic rings. The predicted molar refractivity (Wildman–Crippen MR) is 103 cm³/mol. The van der Waals surface area contributed by atoms with E-state index in [9.17, 15) is 9.50 Å². The van der Waals surface area contributed by atoms with Gasteiger partial charge < -0.3 is 10.4 Å². The van der Waals surface area contributed by atoms with Gasteiger partial charge in [-0.2, -0.15) is 0 Å². The highest BCUT2D eigenvalue weighted by atomic mass is 32.1. The van der Waals surface area contributed by atoms with Gasteiger partial charge in [0.1, 0.15) is 16.6 Å². The quantitative estimate of drug-likeness (QED) is 0.509. The molecular formula is C19H17FN4OS. The predicted octanol–water partition coefficient (Wildman–Crippen LogP) is 5.37. The number of hydrogen-bond donors (Lipinski definition) is 2. The van der Waals surface area contributed by atoms with Crippen molar-refractivity contribution < 1.29 is 9.50 Å². The van der Waals surface area contributed by atoms with Crippen molar-refractivity contribution in [3.63, 3.8) is 0 Å². The highest BCUT2D eigenvalue weighted by molar-refractivity contribution is 7.13. The van der Waals surface area contributed by atoms with Crippen LogP contribution in [-0.2, 0) is 0 Å². The number of rotatable bonds is 3. The smallest absolute Gasteiger partial charge is 0.227 e. The molecule has 4 aromatic rings. The van der Waals surface area contributed by atoms with E-state index in [1.807, 2.05) is 19.2 Å². The number of nitrogens with zero attached hydrogens (tertiary/aromatic N) is 3. The SMILES string of the molecule is CC.Oc1cc2nc(Nc3cccc(F)c3)ncc2cc1-c1nccs1. The van der Waals surface area contributed by atoms with E-state index in [1.54, 1.807) is 36.7 Å². The zero-order valence-electron chi connectivity index (χ0n) is 14.3. The van der Waals surface area contributed by atoms with E-state index in [0.29, 0.717) is 22.7 Å². The lowest BCUT2D eigenvalue weighted by Crippen LogP contribution is -1.97. The first-order valence-electron chi connectivity index (χ1n) is 8.11. The summed E-state index contributed by atoms with van der Waals surface area (Å²) in [4.78, 5) is 12.8. The van der Waals surface area contributed by atoms with Crippen LogP contribution in [0.3, 0.4) is 0 Å². The number of fused-ring (bicyclic) bond motifs is 1. The molecule has 0 fully saturated rings. The van der Waals surface area contributed by atoms with Crippen LogP contribution in [0.25, 0.3) is 21.5 Å². The van der Waals surface area contributed by atoms with Crippen molar-refractivity contribution in [3.05, 3.63) is 60.0 Å². The zero-order valence-corrected chi connectivity index (χ0v) is 15.1. The van der Waals surface area contributed by atoms with Gasteiger partial charge in [-0.15, -0.1) is 11.3 Å². The minimum Gasteiger partial charge on any atom is -0.507 e. The molecule has 132 valence electrons. The van der Waals surface area contributed by atoms with Crippen LogP contribution < -0.4 is 5.32 Å². The van der Waals surface area contributed by atoms with Crippen molar-refractivity contribution in [1.29, 1.82) is 0 Å². The van der Waals surface area contributed by atoms with E-state index < -0.39 is 0 Å². The number of aromatic hydroxyl groups is 1. The summed E-state index contributed by atoms with van der Waals surface area (Å²) in [6.07, 6.45) is 3.34. The van der Waals surface area contributed by atoms with Crippen molar-refractivity contribution in [3.8, 4) is 16.3 Å². The first-order valence-corrected chi connectivity index (χ1v) is 8.99. The van der Waals surface area contributed by atoms with Crippen molar-refractivity contribution in [1.82, 2.24) is 15.0 Å². The van der Waals surface area contributed by atoms with Crippen molar-refractivity contribution in [2.45, 2.75) is 13.8 Å². The standard InChI is InChI=1S/C17H11FN4OS.C2H6/c18-11-2-1-3-12(7-11)21-17-20-9-10-6-13(16-19-4-5-24-16)15(23)8-14(10)22-17;1-2/h1-9,23H,(H,20,21,22);1-2H3. The second kappa shape index (κ2) is 7.88. The average molecular weight is 368 g/mol. The molecule has 26 heavy (non-hydrogen) atoms. The molecule has 2 heterocycles. The number of anilines is 2. The van der Waals surface area contributed by atoms with Crippen LogP contribution in [-0.4, -0.2) is 20.1 Å². The Labute approximate surface area is 154 Å². The normalized spacial score (nSPS) is 10.3. The highest BCUT2D eigenvalue weighted by Gasteiger charge is 2.10. The van der Waals surface area contributed by atoms with E-state index in [0.717, 1.165) is 10.4 Å². The third-order valence-corrected chi connectivity index (χ3v) is 4.25. The van der Waals surface area contributed by atoms with Gasteiger partial charge in [0.2, 0.25) is 5.95 Å². The number of halogens is 1. The minimum atomic E-state index is -0.341. The summed E-state index contributed by atoms with van der Waals surface area (Å²) < 4.78 is 13.2. The number of thiazole rings is 1. The minimum absolute atomic E-state index is 0.104. The number of phenols is 1. The van der Waals surface area contributed by atoms with Gasteiger partial charge in [0.25, 0.3) is 0 Å². The molecule has 2 aromatic heterocycles. The van der Waals surface area contributed by atoms with Gasteiger partial charge in [0, 0.05) is 34.9 Å². The van der Waals surface area contributed by atoms with Crippen LogP contribution in [0.15, 0.2) is 54.2 Å². The molecule has 2 N–H and O–H groups in total. The highest BCUT2D eigenvalue weighted by Crippen LogP contribution is 2.34. The number of nitrogens with one attached hydrogen (secondary N) is 1. The largest absolute Gasteiger partial charge is 0.507 e. The van der Waals surface area contributed by atoms with E-state index >= 15 is 0 Å². The molecule has 0 radical (unpaired) electrons. The molecule has 5 nitrogen and oxygen atoms in total. The molecule has 0 spiro atoms. The van der Waals surface area contributed by atoms with Gasteiger partial charge in [-0.05, 0) is 24.3 Å². The summed E-state index contributed by atoms with van der Waals surface area (Å²) in [6, 6.07) is 9.42. The molecule has 0 aliphatic carbocycles. The Morgan fingerprint density at radius 1 is 1.12 bits per heavy atom. The first-order chi connectivity index (χ1) is 12.7. The Bertz CT molecular complexity index is 1020. The maximum Gasteiger partial charge on any atom is 0.227 e. The topological polar surface area (TPSA) is 70.9 Å². The van der Waals surface area contributed by atoms with Crippen LogP contribution in [0.1, 0.15) is 13.8 Å². The Hall–Kier alpha value is -3.06. The molecule has 0 aliphatic heterocycles. The fraction of sp³-hybridized carbons (Fsp3) is 0.105. The van der Waals surface area contributed by atoms with Gasteiger partial charge in [-0.25, -0.2) is 19.3 Å².